The number of hydrogen-bond donors (Lipinski definition) is 3. The molecule has 3 N–H and O–H groups in total. The molecule has 2 amide bonds. The molecule has 3 unspecified atom stereocenters. The number of nitrogens with one attached hydrogen (secondary N) is 2. The van der Waals surface area contributed by atoms with Crippen LogP contribution in [0.25, 0.3) is 0 Å². The van der Waals surface area contributed by atoms with Crippen molar-refractivity contribution in [3.63, 3.8) is 0 Å². The minimum absolute atomic E-state index is 0.0623. The number of methoxy groups -OCH3 is 1. The average molecular weight is 450 g/mol. The monoisotopic (exact) mass is 450 g/mol. The van der Waals surface area contributed by atoms with Crippen molar-refractivity contribution < 1.29 is 32.6 Å². The molecular weight excluding hydrogens is 425 g/mol. The highest BCUT2D eigenvalue weighted by Crippen LogP contribution is 2.44. The van der Waals surface area contributed by atoms with E-state index in [1.165, 1.54) is 36.7 Å². The summed E-state index contributed by atoms with van der Waals surface area (Å²) in [4.78, 5) is 25.4. The smallest absolute Gasteiger partial charge is 0.437 e. The lowest BCUT2D eigenvalue weighted by Crippen LogP contribution is -2.72. The van der Waals surface area contributed by atoms with E-state index in [4.69, 9.17) is 4.74 Å². The molecule has 1 aliphatic heterocycles. The molecule has 2 aromatic rings. The molecule has 0 radical (unpaired) electrons. The second-order valence-corrected chi connectivity index (χ2v) is 8.78. The summed E-state index contributed by atoms with van der Waals surface area (Å²) in [6, 6.07) is 9.42. The zero-order valence-corrected chi connectivity index (χ0v) is 18.1. The molecule has 1 saturated heterocycles. The van der Waals surface area contributed by atoms with Gasteiger partial charge in [0.15, 0.2) is 5.78 Å². The molecule has 0 saturated carbocycles. The topological polar surface area (TPSA) is 87.7 Å². The molecule has 3 atom stereocenters. The van der Waals surface area contributed by atoms with Gasteiger partial charge in [0, 0.05) is 5.56 Å². The first-order valence-corrected chi connectivity index (χ1v) is 9.94. The number of halogens is 3. The number of amides is 2. The van der Waals surface area contributed by atoms with E-state index in [0.29, 0.717) is 5.75 Å². The second-order valence-electron chi connectivity index (χ2n) is 8.78. The summed E-state index contributed by atoms with van der Waals surface area (Å²) >= 11 is 0. The van der Waals surface area contributed by atoms with Crippen LogP contribution in [0.4, 0.5) is 18.0 Å². The van der Waals surface area contributed by atoms with E-state index in [2.05, 4.69) is 5.32 Å². The average Bonchev–Trinajstić information content (AvgIpc) is 2.71. The fraction of sp³-hybridized carbons (Fsp3) is 0.391. The molecule has 3 rings (SSSR count). The van der Waals surface area contributed by atoms with E-state index >= 15 is 0 Å². The maximum absolute atomic E-state index is 14.0. The second kappa shape index (κ2) is 8.12. The van der Waals surface area contributed by atoms with Crippen molar-refractivity contribution in [2.75, 3.05) is 7.11 Å². The number of ketones is 1. The lowest BCUT2D eigenvalue weighted by atomic mass is 9.76. The quantitative estimate of drug-likeness (QED) is 0.612. The van der Waals surface area contributed by atoms with Gasteiger partial charge in [-0.25, -0.2) is 4.79 Å². The third kappa shape index (κ3) is 4.29. The van der Waals surface area contributed by atoms with Crippen LogP contribution in [0.1, 0.15) is 48.3 Å². The van der Waals surface area contributed by atoms with Gasteiger partial charge < -0.3 is 20.5 Å². The highest BCUT2D eigenvalue weighted by molar-refractivity contribution is 6.00. The van der Waals surface area contributed by atoms with Gasteiger partial charge in [0.05, 0.1) is 13.2 Å². The zero-order chi connectivity index (χ0) is 23.9. The predicted octanol–water partition coefficient (Wildman–Crippen LogP) is 4.10. The Morgan fingerprint density at radius 1 is 1.03 bits per heavy atom. The third-order valence-corrected chi connectivity index (χ3v) is 5.60. The first-order chi connectivity index (χ1) is 14.8. The molecule has 9 heteroatoms. The molecule has 0 aliphatic carbocycles. The Morgan fingerprint density at radius 2 is 1.59 bits per heavy atom. The molecule has 6 nitrogen and oxygen atoms in total. The Labute approximate surface area is 183 Å². The number of alkyl halides is 3. The van der Waals surface area contributed by atoms with Crippen molar-refractivity contribution in [1.29, 1.82) is 0 Å². The summed E-state index contributed by atoms with van der Waals surface area (Å²) in [5, 5.41) is 14.6. The number of hydrogen-bond acceptors (Lipinski definition) is 4. The number of carbonyl (C=O) groups excluding carboxylic acids is 2. The number of benzene rings is 2. The van der Waals surface area contributed by atoms with Gasteiger partial charge in [0.1, 0.15) is 11.7 Å². The van der Waals surface area contributed by atoms with Gasteiger partial charge in [-0.1, -0.05) is 45.0 Å². The molecule has 0 spiro atoms. The largest absolute Gasteiger partial charge is 0.497 e. The minimum Gasteiger partial charge on any atom is -0.497 e. The molecule has 1 heterocycles. The standard InChI is InChI=1S/C23H25F3N2O4/c1-21(2,3)15-9-5-13(6-10-15)18-17(19(29)14-7-11-16(32-4)12-8-14)22(31,23(24,25)26)28-20(30)27-18/h5-12,17-18,31H,1-4H3,(H2,27,28,30). The SMILES string of the molecule is COc1ccc(C(=O)C2C(c3ccc(C(C)(C)C)cc3)NC(=O)NC2(O)C(F)(F)F)cc1. The van der Waals surface area contributed by atoms with Gasteiger partial charge in [0.2, 0.25) is 5.72 Å². The van der Waals surface area contributed by atoms with Gasteiger partial charge in [-0.15, -0.1) is 0 Å². The maximum Gasteiger partial charge on any atom is 0.437 e. The number of urea groups is 1. The minimum atomic E-state index is -5.30. The van der Waals surface area contributed by atoms with Gasteiger partial charge in [0.25, 0.3) is 0 Å². The van der Waals surface area contributed by atoms with Crippen molar-refractivity contribution >= 4 is 11.8 Å². The molecular formula is C23H25F3N2O4. The molecule has 1 fully saturated rings. The van der Waals surface area contributed by atoms with Crippen LogP contribution in [0.15, 0.2) is 48.5 Å². The van der Waals surface area contributed by atoms with Crippen LogP contribution in [0.2, 0.25) is 0 Å². The normalized spacial score (nSPS) is 23.8. The van der Waals surface area contributed by atoms with Crippen molar-refractivity contribution in [3.8, 4) is 5.75 Å². The Balaban J connectivity index is 2.12. The maximum atomic E-state index is 14.0. The Morgan fingerprint density at radius 3 is 2.06 bits per heavy atom. The summed E-state index contributed by atoms with van der Waals surface area (Å²) < 4.78 is 47.0. The third-order valence-electron chi connectivity index (χ3n) is 5.60. The molecule has 32 heavy (non-hydrogen) atoms. The van der Waals surface area contributed by atoms with Crippen LogP contribution in [-0.2, 0) is 5.41 Å². The molecule has 1 aliphatic rings. The fourth-order valence-electron chi connectivity index (χ4n) is 3.74. The number of aliphatic hydroxyl groups is 1. The Hall–Kier alpha value is -3.07. The number of Topliss-reactive ketones (excluding diaryl/α,β-unsaturated/α-hetero) is 1. The Kier molecular flexibility index (Phi) is 5.99. The highest BCUT2D eigenvalue weighted by Gasteiger charge is 2.66. The predicted molar refractivity (Wildman–Crippen MR) is 111 cm³/mol. The van der Waals surface area contributed by atoms with Crippen molar-refractivity contribution in [2.45, 2.75) is 44.1 Å². The first-order valence-electron chi connectivity index (χ1n) is 9.94. The van der Waals surface area contributed by atoms with Gasteiger partial charge in [-0.2, -0.15) is 13.2 Å². The fourth-order valence-corrected chi connectivity index (χ4v) is 3.74. The van der Waals surface area contributed by atoms with E-state index < -0.39 is 35.7 Å². The molecule has 172 valence electrons. The molecule has 0 bridgehead atoms. The van der Waals surface area contributed by atoms with Crippen LogP contribution in [-0.4, -0.2) is 35.9 Å². The van der Waals surface area contributed by atoms with Crippen LogP contribution in [0.3, 0.4) is 0 Å². The van der Waals surface area contributed by atoms with Gasteiger partial charge in [-0.3, -0.25) is 4.79 Å². The van der Waals surface area contributed by atoms with E-state index in [1.54, 1.807) is 24.3 Å². The van der Waals surface area contributed by atoms with Gasteiger partial charge in [-0.05, 0) is 40.8 Å². The summed E-state index contributed by atoms with van der Waals surface area (Å²) in [5.41, 5.74) is -2.85. The lowest BCUT2D eigenvalue weighted by molar-refractivity contribution is -0.287. The van der Waals surface area contributed by atoms with Crippen molar-refractivity contribution in [2.24, 2.45) is 5.92 Å². The van der Waals surface area contributed by atoms with E-state index in [9.17, 15) is 27.9 Å². The van der Waals surface area contributed by atoms with Crippen molar-refractivity contribution in [3.05, 3.63) is 65.2 Å². The zero-order valence-electron chi connectivity index (χ0n) is 18.1. The van der Waals surface area contributed by atoms with E-state index in [0.717, 1.165) is 5.56 Å². The summed E-state index contributed by atoms with van der Waals surface area (Å²) in [5.74, 6) is -2.64. The van der Waals surface area contributed by atoms with Crippen LogP contribution in [0, 0.1) is 5.92 Å². The lowest BCUT2D eigenvalue weighted by Gasteiger charge is -2.45. The number of rotatable bonds is 4. The summed E-state index contributed by atoms with van der Waals surface area (Å²) in [7, 11) is 1.41. The van der Waals surface area contributed by atoms with Crippen LogP contribution in [0.5, 0.6) is 5.75 Å². The molecule has 2 aromatic carbocycles. The van der Waals surface area contributed by atoms with Crippen molar-refractivity contribution in [1.82, 2.24) is 10.6 Å². The van der Waals surface area contributed by atoms with Gasteiger partial charge >= 0.3 is 12.2 Å². The molecule has 0 aromatic heterocycles. The number of carbonyl (C=O) groups is 2. The first kappa shape index (κ1) is 23.6. The number of ether oxygens (including phenoxy) is 1. The summed E-state index contributed by atoms with van der Waals surface area (Å²) in [6.45, 7) is 5.94. The van der Waals surface area contributed by atoms with E-state index in [-0.39, 0.29) is 16.5 Å². The highest BCUT2D eigenvalue weighted by atomic mass is 19.4. The van der Waals surface area contributed by atoms with E-state index in [1.807, 2.05) is 20.8 Å². The summed E-state index contributed by atoms with van der Waals surface area (Å²) in [6.07, 6.45) is -5.30. The van der Waals surface area contributed by atoms with Crippen LogP contribution >= 0.6 is 0 Å². The van der Waals surface area contributed by atoms with Crippen LogP contribution < -0.4 is 15.4 Å². The Bertz CT molecular complexity index is 998.